The molecule has 1 aromatic heterocycles. The summed E-state index contributed by atoms with van der Waals surface area (Å²) in [5.41, 5.74) is 0.111. The van der Waals surface area contributed by atoms with Crippen molar-refractivity contribution in [1.82, 2.24) is 10.2 Å². The molecule has 0 aliphatic heterocycles. The normalized spacial score (nSPS) is 9.83. The van der Waals surface area contributed by atoms with Crippen molar-refractivity contribution in [3.63, 3.8) is 0 Å². The molecule has 0 radical (unpaired) electrons. The topological polar surface area (TPSA) is 84.3 Å². The van der Waals surface area contributed by atoms with Crippen molar-refractivity contribution >= 4 is 11.7 Å². The second-order valence-electron chi connectivity index (χ2n) is 3.45. The van der Waals surface area contributed by atoms with E-state index in [0.29, 0.717) is 11.6 Å². The molecule has 0 fully saturated rings. The van der Waals surface area contributed by atoms with Gasteiger partial charge in [0.1, 0.15) is 11.5 Å². The molecule has 6 nitrogen and oxygen atoms in total. The minimum absolute atomic E-state index is 0.111. The fourth-order valence-electron chi connectivity index (χ4n) is 1.38. The quantitative estimate of drug-likeness (QED) is 0.854. The zero-order valence-electron chi connectivity index (χ0n) is 9.62. The van der Waals surface area contributed by atoms with E-state index in [0.717, 1.165) is 0 Å². The van der Waals surface area contributed by atoms with Gasteiger partial charge >= 0.3 is 0 Å². The maximum Gasteiger partial charge on any atom is 0.260 e. The van der Waals surface area contributed by atoms with Crippen LogP contribution in [0.15, 0.2) is 36.5 Å². The maximum absolute atomic E-state index is 11.9. The fourth-order valence-corrected chi connectivity index (χ4v) is 1.38. The number of anilines is 1. The van der Waals surface area contributed by atoms with Gasteiger partial charge in [-0.05, 0) is 30.3 Å². The molecule has 0 bridgehead atoms. The fraction of sp³-hybridized carbons (Fsp3) is 0.0833. The van der Waals surface area contributed by atoms with Crippen LogP contribution in [-0.2, 0) is 0 Å². The number of benzene rings is 1. The third-order valence-electron chi connectivity index (χ3n) is 2.26. The molecule has 1 aromatic carbocycles. The molecule has 2 N–H and O–H groups in total. The van der Waals surface area contributed by atoms with Crippen LogP contribution in [0.25, 0.3) is 0 Å². The molecule has 0 atom stereocenters. The van der Waals surface area contributed by atoms with Crippen LogP contribution in [0.5, 0.6) is 11.5 Å². The first kappa shape index (κ1) is 11.8. The van der Waals surface area contributed by atoms with Gasteiger partial charge < -0.3 is 15.2 Å². The first-order valence-corrected chi connectivity index (χ1v) is 5.17. The third-order valence-corrected chi connectivity index (χ3v) is 2.26. The van der Waals surface area contributed by atoms with Crippen molar-refractivity contribution in [2.45, 2.75) is 0 Å². The van der Waals surface area contributed by atoms with Crippen LogP contribution >= 0.6 is 0 Å². The molecule has 6 heteroatoms. The number of carbonyl (C=O) groups excluding carboxylic acids is 1. The molecule has 0 saturated heterocycles. The van der Waals surface area contributed by atoms with E-state index in [1.807, 2.05) is 0 Å². The van der Waals surface area contributed by atoms with Crippen LogP contribution in [-0.4, -0.2) is 28.3 Å². The highest BCUT2D eigenvalue weighted by Crippen LogP contribution is 2.23. The second-order valence-corrected chi connectivity index (χ2v) is 3.45. The Morgan fingerprint density at radius 3 is 2.89 bits per heavy atom. The number of rotatable bonds is 3. The lowest BCUT2D eigenvalue weighted by atomic mass is 10.1. The first-order valence-electron chi connectivity index (χ1n) is 5.17. The molecule has 2 aromatic rings. The Labute approximate surface area is 103 Å². The Bertz CT molecular complexity index is 558. The van der Waals surface area contributed by atoms with E-state index in [1.165, 1.54) is 25.4 Å². The zero-order chi connectivity index (χ0) is 13.0. The van der Waals surface area contributed by atoms with Crippen molar-refractivity contribution in [3.05, 3.63) is 42.1 Å². The Balaban J connectivity index is 2.23. The molecule has 0 unspecified atom stereocenters. The lowest BCUT2D eigenvalue weighted by Gasteiger charge is -2.07. The summed E-state index contributed by atoms with van der Waals surface area (Å²) in [6, 6.07) is 7.65. The van der Waals surface area contributed by atoms with Crippen molar-refractivity contribution in [2.24, 2.45) is 0 Å². The van der Waals surface area contributed by atoms with E-state index in [4.69, 9.17) is 4.74 Å². The predicted molar refractivity (Wildman–Crippen MR) is 64.6 cm³/mol. The van der Waals surface area contributed by atoms with Gasteiger partial charge in [0.05, 0.1) is 12.7 Å². The number of nitrogens with one attached hydrogen (secondary N) is 1. The smallest absolute Gasteiger partial charge is 0.260 e. The summed E-state index contributed by atoms with van der Waals surface area (Å²) in [5.74, 6) is 0.186. The van der Waals surface area contributed by atoms with Gasteiger partial charge in [0.2, 0.25) is 0 Å². The molecule has 0 saturated carbocycles. The molecule has 1 heterocycles. The van der Waals surface area contributed by atoms with Crippen LogP contribution in [0.3, 0.4) is 0 Å². The molecule has 1 amide bonds. The number of nitrogens with zero attached hydrogens (tertiary/aromatic N) is 2. The summed E-state index contributed by atoms with van der Waals surface area (Å²) in [5, 5.41) is 19.5. The Morgan fingerprint density at radius 2 is 2.22 bits per heavy atom. The summed E-state index contributed by atoms with van der Waals surface area (Å²) in [6.45, 7) is 0. The summed E-state index contributed by atoms with van der Waals surface area (Å²) < 4.78 is 4.99. The van der Waals surface area contributed by atoms with Crippen LogP contribution < -0.4 is 10.1 Å². The third kappa shape index (κ3) is 2.54. The SMILES string of the molecule is COc1ccc(O)c(C(=O)Nc2cccnn2)c1. The average molecular weight is 245 g/mol. The van der Waals surface area contributed by atoms with Gasteiger partial charge in [-0.15, -0.1) is 5.10 Å². The van der Waals surface area contributed by atoms with E-state index < -0.39 is 5.91 Å². The van der Waals surface area contributed by atoms with Gasteiger partial charge in [0.25, 0.3) is 5.91 Å². The predicted octanol–water partition coefficient (Wildman–Crippen LogP) is 1.44. The van der Waals surface area contributed by atoms with Crippen molar-refractivity contribution < 1.29 is 14.6 Å². The van der Waals surface area contributed by atoms with E-state index in [1.54, 1.807) is 18.2 Å². The number of ether oxygens (including phenoxy) is 1. The molecule has 0 aliphatic carbocycles. The number of amides is 1. The van der Waals surface area contributed by atoms with Crippen LogP contribution in [0.2, 0.25) is 0 Å². The summed E-state index contributed by atoms with van der Waals surface area (Å²) in [7, 11) is 1.48. The first-order chi connectivity index (χ1) is 8.70. The minimum Gasteiger partial charge on any atom is -0.507 e. The molecule has 2 rings (SSSR count). The van der Waals surface area contributed by atoms with Crippen LogP contribution in [0.1, 0.15) is 10.4 Å². The summed E-state index contributed by atoms with van der Waals surface area (Å²) >= 11 is 0. The van der Waals surface area contributed by atoms with Crippen LogP contribution in [0, 0.1) is 0 Å². The van der Waals surface area contributed by atoms with Gasteiger partial charge in [-0.25, -0.2) is 0 Å². The van der Waals surface area contributed by atoms with E-state index in [9.17, 15) is 9.90 Å². The van der Waals surface area contributed by atoms with Crippen molar-refractivity contribution in [2.75, 3.05) is 12.4 Å². The molecule has 18 heavy (non-hydrogen) atoms. The minimum atomic E-state index is -0.480. The molecular weight excluding hydrogens is 234 g/mol. The van der Waals surface area contributed by atoms with Crippen molar-refractivity contribution in [1.29, 1.82) is 0 Å². The average Bonchev–Trinajstić information content (AvgIpc) is 2.40. The largest absolute Gasteiger partial charge is 0.507 e. The number of hydrogen-bond acceptors (Lipinski definition) is 5. The number of carbonyl (C=O) groups is 1. The molecular formula is C12H11N3O3. The van der Waals surface area contributed by atoms with Gasteiger partial charge in [-0.1, -0.05) is 0 Å². The number of methoxy groups -OCH3 is 1. The van der Waals surface area contributed by atoms with Gasteiger partial charge in [-0.3, -0.25) is 4.79 Å². The van der Waals surface area contributed by atoms with Gasteiger partial charge in [0, 0.05) is 6.20 Å². The monoisotopic (exact) mass is 245 g/mol. The molecule has 92 valence electrons. The zero-order valence-corrected chi connectivity index (χ0v) is 9.62. The number of phenols is 1. The molecule has 0 aliphatic rings. The standard InChI is InChI=1S/C12H11N3O3/c1-18-8-4-5-10(16)9(7-8)12(17)14-11-3-2-6-13-15-11/h2-7,16H,1H3,(H,14,15,17). The van der Waals surface area contributed by atoms with E-state index in [2.05, 4.69) is 15.5 Å². The van der Waals surface area contributed by atoms with Crippen LogP contribution in [0.4, 0.5) is 5.82 Å². The Kier molecular flexibility index (Phi) is 3.38. The number of phenolic OH excluding ortho intramolecular Hbond substituents is 1. The highest BCUT2D eigenvalue weighted by molar-refractivity contribution is 6.05. The number of hydrogen-bond donors (Lipinski definition) is 2. The lowest BCUT2D eigenvalue weighted by Crippen LogP contribution is -2.13. The highest BCUT2D eigenvalue weighted by atomic mass is 16.5. The van der Waals surface area contributed by atoms with Crippen molar-refractivity contribution in [3.8, 4) is 11.5 Å². The number of aromatic nitrogens is 2. The van der Waals surface area contributed by atoms with Gasteiger partial charge in [0.15, 0.2) is 5.82 Å². The van der Waals surface area contributed by atoms with Gasteiger partial charge in [-0.2, -0.15) is 5.10 Å². The Morgan fingerprint density at radius 1 is 1.39 bits per heavy atom. The highest BCUT2D eigenvalue weighted by Gasteiger charge is 2.13. The summed E-state index contributed by atoms with van der Waals surface area (Å²) in [4.78, 5) is 11.9. The summed E-state index contributed by atoms with van der Waals surface area (Å²) in [6.07, 6.45) is 1.50. The lowest BCUT2D eigenvalue weighted by molar-refractivity contribution is 0.102. The maximum atomic E-state index is 11.9. The second kappa shape index (κ2) is 5.13. The molecule has 0 spiro atoms. The number of aromatic hydroxyl groups is 1. The van der Waals surface area contributed by atoms with E-state index in [-0.39, 0.29) is 11.3 Å². The Hall–Kier alpha value is -2.63. The van der Waals surface area contributed by atoms with E-state index >= 15 is 0 Å².